The molecular weight excluding hydrogens is 208 g/mol. The predicted molar refractivity (Wildman–Crippen MR) is 59.5 cm³/mol. The van der Waals surface area contributed by atoms with Crippen molar-refractivity contribution in [1.82, 2.24) is 15.0 Å². The van der Waals surface area contributed by atoms with Gasteiger partial charge < -0.3 is 5.73 Å². The Morgan fingerprint density at radius 3 is 2.80 bits per heavy atom. The van der Waals surface area contributed by atoms with Gasteiger partial charge in [0.05, 0.1) is 29.1 Å². The molecule has 0 saturated heterocycles. The van der Waals surface area contributed by atoms with Crippen molar-refractivity contribution in [3.05, 3.63) is 40.4 Å². The second-order valence-corrected chi connectivity index (χ2v) is 4.33. The summed E-state index contributed by atoms with van der Waals surface area (Å²) in [6.07, 6.45) is 6.08. The first-order chi connectivity index (χ1) is 7.25. The van der Waals surface area contributed by atoms with Gasteiger partial charge in [-0.3, -0.25) is 15.0 Å². The number of hydrogen-bond donors (Lipinski definition) is 1. The molecule has 0 aliphatic rings. The molecule has 2 N–H and O–H groups in total. The van der Waals surface area contributed by atoms with E-state index < -0.39 is 0 Å². The van der Waals surface area contributed by atoms with Crippen LogP contribution in [-0.4, -0.2) is 15.0 Å². The van der Waals surface area contributed by atoms with E-state index in [1.807, 2.05) is 18.6 Å². The van der Waals surface area contributed by atoms with E-state index in [2.05, 4.69) is 15.0 Å². The van der Waals surface area contributed by atoms with Gasteiger partial charge in [-0.25, -0.2) is 0 Å². The van der Waals surface area contributed by atoms with Gasteiger partial charge in [-0.15, -0.1) is 11.3 Å². The molecule has 0 fully saturated rings. The fourth-order valence-corrected chi connectivity index (χ4v) is 1.91. The van der Waals surface area contributed by atoms with Crippen LogP contribution in [-0.2, 0) is 6.42 Å². The van der Waals surface area contributed by atoms with Gasteiger partial charge in [0.1, 0.15) is 0 Å². The molecule has 2 rings (SSSR count). The van der Waals surface area contributed by atoms with Crippen molar-refractivity contribution < 1.29 is 0 Å². The zero-order valence-corrected chi connectivity index (χ0v) is 9.24. The maximum atomic E-state index is 6.01. The van der Waals surface area contributed by atoms with Crippen molar-refractivity contribution in [3.8, 4) is 0 Å². The van der Waals surface area contributed by atoms with Gasteiger partial charge in [0, 0.05) is 23.7 Å². The van der Waals surface area contributed by atoms with Gasteiger partial charge in [0.15, 0.2) is 0 Å². The molecule has 2 aromatic rings. The van der Waals surface area contributed by atoms with Crippen molar-refractivity contribution in [2.45, 2.75) is 19.4 Å². The second kappa shape index (κ2) is 4.46. The van der Waals surface area contributed by atoms with Crippen LogP contribution in [0.3, 0.4) is 0 Å². The van der Waals surface area contributed by atoms with Crippen LogP contribution in [0.15, 0.2) is 24.1 Å². The summed E-state index contributed by atoms with van der Waals surface area (Å²) in [7, 11) is 0. The zero-order chi connectivity index (χ0) is 10.7. The minimum absolute atomic E-state index is 0.0986. The van der Waals surface area contributed by atoms with E-state index in [0.717, 1.165) is 17.8 Å². The normalized spacial score (nSPS) is 12.7. The third-order valence-electron chi connectivity index (χ3n) is 2.09. The van der Waals surface area contributed by atoms with Gasteiger partial charge in [-0.2, -0.15) is 0 Å². The maximum absolute atomic E-state index is 6.01. The van der Waals surface area contributed by atoms with E-state index in [-0.39, 0.29) is 6.04 Å². The average Bonchev–Trinajstić information content (AvgIpc) is 2.71. The van der Waals surface area contributed by atoms with Crippen LogP contribution in [0.4, 0.5) is 0 Å². The summed E-state index contributed by atoms with van der Waals surface area (Å²) in [4.78, 5) is 13.6. The molecule has 0 radical (unpaired) electrons. The molecule has 0 aliphatic heterocycles. The van der Waals surface area contributed by atoms with Gasteiger partial charge in [0.25, 0.3) is 0 Å². The van der Waals surface area contributed by atoms with Crippen LogP contribution >= 0.6 is 11.3 Å². The smallest absolute Gasteiger partial charge is 0.0794 e. The van der Waals surface area contributed by atoms with E-state index in [4.69, 9.17) is 5.73 Å². The van der Waals surface area contributed by atoms with Gasteiger partial charge in [-0.1, -0.05) is 0 Å². The van der Waals surface area contributed by atoms with Crippen LogP contribution in [0.1, 0.15) is 22.3 Å². The highest BCUT2D eigenvalue weighted by molar-refractivity contribution is 7.09. The Bertz CT molecular complexity index is 409. The van der Waals surface area contributed by atoms with Crippen LogP contribution in [0.2, 0.25) is 0 Å². The Kier molecular flexibility index (Phi) is 3.03. The summed E-state index contributed by atoms with van der Waals surface area (Å²) in [5, 5.41) is 0. The van der Waals surface area contributed by atoms with Crippen molar-refractivity contribution in [1.29, 1.82) is 0 Å². The molecule has 0 amide bonds. The highest BCUT2D eigenvalue weighted by Gasteiger charge is 2.09. The SMILES string of the molecule is Cc1cnc(C(N)Cc2cncs2)cn1. The molecule has 2 aromatic heterocycles. The number of rotatable bonds is 3. The molecule has 1 atom stereocenters. The molecular formula is C10H12N4S. The summed E-state index contributed by atoms with van der Waals surface area (Å²) in [6, 6.07) is -0.0986. The van der Waals surface area contributed by atoms with Crippen LogP contribution in [0, 0.1) is 6.92 Å². The molecule has 2 heterocycles. The lowest BCUT2D eigenvalue weighted by Gasteiger charge is -2.08. The van der Waals surface area contributed by atoms with E-state index >= 15 is 0 Å². The number of aryl methyl sites for hydroxylation is 1. The maximum Gasteiger partial charge on any atom is 0.0794 e. The number of thiazole rings is 1. The van der Waals surface area contributed by atoms with Gasteiger partial charge in [0.2, 0.25) is 0 Å². The molecule has 1 unspecified atom stereocenters. The Hall–Kier alpha value is -1.33. The fourth-order valence-electron chi connectivity index (χ4n) is 1.26. The summed E-state index contributed by atoms with van der Waals surface area (Å²) in [5.41, 5.74) is 9.56. The Morgan fingerprint density at radius 2 is 2.20 bits per heavy atom. The van der Waals surface area contributed by atoms with Crippen molar-refractivity contribution in [3.63, 3.8) is 0 Å². The lowest BCUT2D eigenvalue weighted by molar-refractivity contribution is 0.695. The minimum Gasteiger partial charge on any atom is -0.322 e. The Morgan fingerprint density at radius 1 is 1.33 bits per heavy atom. The molecule has 0 aromatic carbocycles. The van der Waals surface area contributed by atoms with Gasteiger partial charge >= 0.3 is 0 Å². The number of hydrogen-bond acceptors (Lipinski definition) is 5. The molecule has 78 valence electrons. The molecule has 0 spiro atoms. The quantitative estimate of drug-likeness (QED) is 0.851. The van der Waals surface area contributed by atoms with Crippen molar-refractivity contribution >= 4 is 11.3 Å². The first-order valence-electron chi connectivity index (χ1n) is 4.67. The topological polar surface area (TPSA) is 64.7 Å². The fraction of sp³-hybridized carbons (Fsp3) is 0.300. The Balaban J connectivity index is 2.08. The van der Waals surface area contributed by atoms with Gasteiger partial charge in [-0.05, 0) is 6.92 Å². The van der Waals surface area contributed by atoms with E-state index in [1.165, 1.54) is 4.88 Å². The summed E-state index contributed by atoms with van der Waals surface area (Å²) in [6.45, 7) is 1.91. The largest absolute Gasteiger partial charge is 0.322 e. The molecule has 4 nitrogen and oxygen atoms in total. The number of nitrogens with zero attached hydrogens (tertiary/aromatic N) is 3. The van der Waals surface area contributed by atoms with E-state index in [9.17, 15) is 0 Å². The Labute approximate surface area is 92.2 Å². The lowest BCUT2D eigenvalue weighted by Crippen LogP contribution is -2.14. The molecule has 0 saturated carbocycles. The molecule has 5 heteroatoms. The zero-order valence-electron chi connectivity index (χ0n) is 8.42. The minimum atomic E-state index is -0.0986. The van der Waals surface area contributed by atoms with Crippen LogP contribution in [0.25, 0.3) is 0 Å². The standard InChI is InChI=1S/C10H12N4S/c1-7-3-14-10(5-13-7)9(11)2-8-4-12-6-15-8/h3-6,9H,2,11H2,1H3. The first kappa shape index (κ1) is 10.2. The first-order valence-corrected chi connectivity index (χ1v) is 5.55. The average molecular weight is 220 g/mol. The van der Waals surface area contributed by atoms with Crippen LogP contribution < -0.4 is 5.73 Å². The number of nitrogens with two attached hydrogens (primary N) is 1. The second-order valence-electron chi connectivity index (χ2n) is 3.36. The highest BCUT2D eigenvalue weighted by atomic mass is 32.1. The third kappa shape index (κ3) is 2.57. The lowest BCUT2D eigenvalue weighted by atomic mass is 10.1. The third-order valence-corrected chi connectivity index (χ3v) is 2.89. The summed E-state index contributed by atoms with van der Waals surface area (Å²) in [5.74, 6) is 0. The summed E-state index contributed by atoms with van der Waals surface area (Å²) >= 11 is 1.61. The van der Waals surface area contributed by atoms with Crippen molar-refractivity contribution in [2.24, 2.45) is 5.73 Å². The van der Waals surface area contributed by atoms with E-state index in [0.29, 0.717) is 0 Å². The predicted octanol–water partition coefficient (Wildman–Crippen LogP) is 1.48. The molecule has 0 bridgehead atoms. The summed E-state index contributed by atoms with van der Waals surface area (Å²) < 4.78 is 0. The monoisotopic (exact) mass is 220 g/mol. The molecule has 15 heavy (non-hydrogen) atoms. The highest BCUT2D eigenvalue weighted by Crippen LogP contribution is 2.15. The van der Waals surface area contributed by atoms with Crippen molar-refractivity contribution in [2.75, 3.05) is 0 Å². The van der Waals surface area contributed by atoms with Crippen LogP contribution in [0.5, 0.6) is 0 Å². The number of aromatic nitrogens is 3. The van der Waals surface area contributed by atoms with E-state index in [1.54, 1.807) is 23.7 Å². The molecule has 0 aliphatic carbocycles.